The van der Waals surface area contributed by atoms with E-state index in [1.165, 1.54) is 18.2 Å². The maximum atomic E-state index is 11.6. The zero-order valence-corrected chi connectivity index (χ0v) is 10.4. The van der Waals surface area contributed by atoms with E-state index in [1.54, 1.807) is 0 Å². The smallest absolute Gasteiger partial charge is 0.255 e. The molecule has 0 radical (unpaired) electrons. The maximum absolute atomic E-state index is 11.6. The molecule has 0 atom stereocenters. The number of benzene rings is 1. The average molecular weight is 268 g/mol. The fourth-order valence-electron chi connectivity index (χ4n) is 1.59. The minimum Gasteiger partial charge on any atom is -0.397 e. The molecule has 96 valence electrons. The van der Waals surface area contributed by atoms with Gasteiger partial charge in [0.25, 0.3) is 5.91 Å². The van der Waals surface area contributed by atoms with Crippen LogP contribution >= 0.6 is 0 Å². The molecular formula is C10H12N4O3S. The first-order chi connectivity index (χ1) is 8.29. The Morgan fingerprint density at radius 2 is 2.00 bits per heavy atom. The first-order valence-electron chi connectivity index (χ1n) is 5.04. The Morgan fingerprint density at radius 1 is 1.33 bits per heavy atom. The zero-order valence-electron chi connectivity index (χ0n) is 9.62. The number of sulfone groups is 1. The first kappa shape index (κ1) is 12.4. The minimum atomic E-state index is -3.33. The molecule has 0 saturated carbocycles. The summed E-state index contributed by atoms with van der Waals surface area (Å²) in [5.41, 5.74) is 11.7. The lowest BCUT2D eigenvalue weighted by atomic mass is 10.2. The number of nitrogens with zero attached hydrogens (tertiary/aromatic N) is 2. The van der Waals surface area contributed by atoms with E-state index in [2.05, 4.69) is 5.10 Å². The van der Waals surface area contributed by atoms with Crippen LogP contribution in [0.3, 0.4) is 0 Å². The SMILES string of the molecule is CS(=O)(=O)c1ccc(N2N=C(N)CC2=O)c(N)c1. The van der Waals surface area contributed by atoms with Crippen LogP contribution in [-0.2, 0) is 14.6 Å². The summed E-state index contributed by atoms with van der Waals surface area (Å²) in [4.78, 5) is 11.7. The van der Waals surface area contributed by atoms with Crippen molar-refractivity contribution in [3.8, 4) is 0 Å². The van der Waals surface area contributed by atoms with E-state index in [-0.39, 0.29) is 28.7 Å². The summed E-state index contributed by atoms with van der Waals surface area (Å²) in [6, 6.07) is 4.10. The van der Waals surface area contributed by atoms with Crippen LogP contribution in [0.15, 0.2) is 28.2 Å². The van der Waals surface area contributed by atoms with Gasteiger partial charge in [-0.1, -0.05) is 0 Å². The Bertz CT molecular complexity index is 651. The highest BCUT2D eigenvalue weighted by atomic mass is 32.2. The van der Waals surface area contributed by atoms with E-state index in [0.717, 1.165) is 11.3 Å². The van der Waals surface area contributed by atoms with Crippen LogP contribution in [0.25, 0.3) is 0 Å². The Kier molecular flexibility index (Phi) is 2.74. The van der Waals surface area contributed by atoms with Gasteiger partial charge in [-0.3, -0.25) is 4.79 Å². The molecular weight excluding hydrogens is 256 g/mol. The third-order valence-electron chi connectivity index (χ3n) is 2.45. The van der Waals surface area contributed by atoms with Crippen molar-refractivity contribution in [2.45, 2.75) is 11.3 Å². The van der Waals surface area contributed by atoms with Gasteiger partial charge in [-0.05, 0) is 18.2 Å². The molecule has 1 amide bonds. The fraction of sp³-hybridized carbons (Fsp3) is 0.200. The van der Waals surface area contributed by atoms with Crippen molar-refractivity contribution in [2.24, 2.45) is 10.8 Å². The maximum Gasteiger partial charge on any atom is 0.255 e. The monoisotopic (exact) mass is 268 g/mol. The van der Waals surface area contributed by atoms with Gasteiger partial charge in [0.2, 0.25) is 0 Å². The van der Waals surface area contributed by atoms with Crippen molar-refractivity contribution < 1.29 is 13.2 Å². The molecule has 1 heterocycles. The van der Waals surface area contributed by atoms with Crippen molar-refractivity contribution in [2.75, 3.05) is 17.0 Å². The second-order valence-electron chi connectivity index (χ2n) is 3.97. The van der Waals surface area contributed by atoms with Gasteiger partial charge >= 0.3 is 0 Å². The van der Waals surface area contributed by atoms with Gasteiger partial charge in [0.15, 0.2) is 9.84 Å². The third kappa shape index (κ3) is 2.14. The summed E-state index contributed by atoms with van der Waals surface area (Å²) in [6.45, 7) is 0. The normalized spacial score (nSPS) is 15.9. The van der Waals surface area contributed by atoms with Gasteiger partial charge in [0.1, 0.15) is 5.84 Å². The zero-order chi connectivity index (χ0) is 13.5. The number of anilines is 2. The van der Waals surface area contributed by atoms with Gasteiger partial charge < -0.3 is 11.5 Å². The summed E-state index contributed by atoms with van der Waals surface area (Å²) < 4.78 is 22.7. The summed E-state index contributed by atoms with van der Waals surface area (Å²) in [7, 11) is -3.33. The molecule has 1 aromatic carbocycles. The molecule has 0 aliphatic carbocycles. The fourth-order valence-corrected chi connectivity index (χ4v) is 2.25. The molecule has 1 aliphatic rings. The standard InChI is InChI=1S/C10H12N4O3S/c1-18(16,17)6-2-3-8(7(11)4-6)14-10(15)5-9(12)13-14/h2-4H,5,11H2,1H3,(H2,12,13). The minimum absolute atomic E-state index is 0.0350. The molecule has 18 heavy (non-hydrogen) atoms. The lowest BCUT2D eigenvalue weighted by Crippen LogP contribution is -2.21. The Morgan fingerprint density at radius 3 is 2.44 bits per heavy atom. The van der Waals surface area contributed by atoms with E-state index >= 15 is 0 Å². The van der Waals surface area contributed by atoms with Gasteiger partial charge in [-0.2, -0.15) is 10.1 Å². The van der Waals surface area contributed by atoms with Crippen molar-refractivity contribution in [1.82, 2.24) is 0 Å². The van der Waals surface area contributed by atoms with Crippen molar-refractivity contribution in [3.05, 3.63) is 18.2 Å². The lowest BCUT2D eigenvalue weighted by Gasteiger charge is -2.14. The predicted octanol–water partition coefficient (Wildman–Crippen LogP) is -0.319. The van der Waals surface area contributed by atoms with E-state index in [1.807, 2.05) is 0 Å². The van der Waals surface area contributed by atoms with Gasteiger partial charge in [-0.25, -0.2) is 8.42 Å². The molecule has 0 aromatic heterocycles. The number of hydrogen-bond acceptors (Lipinski definition) is 6. The number of nitrogen functional groups attached to an aromatic ring is 1. The number of rotatable bonds is 2. The van der Waals surface area contributed by atoms with E-state index < -0.39 is 9.84 Å². The molecule has 1 aromatic rings. The van der Waals surface area contributed by atoms with Gasteiger partial charge in [0.05, 0.1) is 22.7 Å². The highest BCUT2D eigenvalue weighted by molar-refractivity contribution is 7.90. The number of carbonyl (C=O) groups excluding carboxylic acids is 1. The van der Waals surface area contributed by atoms with Crippen molar-refractivity contribution >= 4 is 33.0 Å². The van der Waals surface area contributed by atoms with Gasteiger partial charge in [0, 0.05) is 6.26 Å². The second kappa shape index (κ2) is 3.98. The molecule has 8 heteroatoms. The van der Waals surface area contributed by atoms with E-state index in [9.17, 15) is 13.2 Å². The van der Waals surface area contributed by atoms with Gasteiger partial charge in [-0.15, -0.1) is 0 Å². The molecule has 0 saturated heterocycles. The molecule has 4 N–H and O–H groups in total. The second-order valence-corrected chi connectivity index (χ2v) is 5.98. The predicted molar refractivity (Wildman–Crippen MR) is 67.7 cm³/mol. The summed E-state index contributed by atoms with van der Waals surface area (Å²) in [5.74, 6) is -0.0992. The van der Waals surface area contributed by atoms with E-state index in [0.29, 0.717) is 5.69 Å². The number of nitrogens with two attached hydrogens (primary N) is 2. The topological polar surface area (TPSA) is 119 Å². The van der Waals surface area contributed by atoms with Crippen LogP contribution in [0, 0.1) is 0 Å². The number of amides is 1. The van der Waals surface area contributed by atoms with Crippen molar-refractivity contribution in [3.63, 3.8) is 0 Å². The molecule has 7 nitrogen and oxygen atoms in total. The van der Waals surface area contributed by atoms with Crippen molar-refractivity contribution in [1.29, 1.82) is 0 Å². The van der Waals surface area contributed by atoms with Crippen LogP contribution in [0.1, 0.15) is 6.42 Å². The largest absolute Gasteiger partial charge is 0.397 e. The van der Waals surface area contributed by atoms with E-state index in [4.69, 9.17) is 11.5 Å². The van der Waals surface area contributed by atoms with Crippen LogP contribution in [-0.4, -0.2) is 26.4 Å². The van der Waals surface area contributed by atoms with Crippen LogP contribution < -0.4 is 16.5 Å². The molecule has 2 rings (SSSR count). The molecule has 0 spiro atoms. The summed E-state index contributed by atoms with van der Waals surface area (Å²) in [6.07, 6.45) is 1.12. The quantitative estimate of drug-likeness (QED) is 0.712. The Labute approximate surface area is 104 Å². The first-order valence-corrected chi connectivity index (χ1v) is 6.93. The summed E-state index contributed by atoms with van der Waals surface area (Å²) >= 11 is 0. The highest BCUT2D eigenvalue weighted by Gasteiger charge is 2.25. The Hall–Kier alpha value is -2.09. The Balaban J connectivity index is 2.46. The van der Waals surface area contributed by atoms with Crippen LogP contribution in [0.2, 0.25) is 0 Å². The molecule has 1 aliphatic heterocycles. The lowest BCUT2D eigenvalue weighted by molar-refractivity contribution is -0.116. The average Bonchev–Trinajstić information content (AvgIpc) is 2.56. The molecule has 0 fully saturated rings. The third-order valence-corrected chi connectivity index (χ3v) is 3.56. The summed E-state index contributed by atoms with van der Waals surface area (Å²) in [5, 5.41) is 4.92. The molecule has 0 unspecified atom stereocenters. The van der Waals surface area contributed by atoms with Crippen LogP contribution in [0.5, 0.6) is 0 Å². The van der Waals surface area contributed by atoms with Crippen LogP contribution in [0.4, 0.5) is 11.4 Å². The number of amidine groups is 1. The highest BCUT2D eigenvalue weighted by Crippen LogP contribution is 2.28. The molecule has 0 bridgehead atoms. The number of carbonyl (C=O) groups is 1. The number of hydrogen-bond donors (Lipinski definition) is 2. The number of hydrazone groups is 1.